The first kappa shape index (κ1) is 18.5. The van der Waals surface area contributed by atoms with Crippen LogP contribution in [0.1, 0.15) is 12.0 Å². The molecule has 0 atom stereocenters. The molecule has 0 amide bonds. The Morgan fingerprint density at radius 2 is 2.04 bits per heavy atom. The predicted octanol–water partition coefficient (Wildman–Crippen LogP) is 0.0977. The first-order valence-electron chi connectivity index (χ1n) is 8.69. The average Bonchev–Trinajstić information content (AvgIpc) is 3.05. The summed E-state index contributed by atoms with van der Waals surface area (Å²) in [5, 5.41) is 4.57. The van der Waals surface area contributed by atoms with Gasteiger partial charge in [0.05, 0.1) is 32.7 Å². The van der Waals surface area contributed by atoms with Crippen LogP contribution in [0.3, 0.4) is 0 Å². The summed E-state index contributed by atoms with van der Waals surface area (Å²) >= 11 is 5.42. The number of benzene rings is 1. The molecule has 3 rings (SSSR count). The minimum atomic E-state index is -0.112. The SMILES string of the molecule is CNC(=S)N(CCC[NH+](C)C)Cc1cc2cc3c(cc2[nH]c1=O)OCO3. The van der Waals surface area contributed by atoms with Gasteiger partial charge in [-0.2, -0.15) is 0 Å². The fourth-order valence-electron chi connectivity index (χ4n) is 3.00. The summed E-state index contributed by atoms with van der Waals surface area (Å²) in [7, 11) is 6.05. The normalized spacial score (nSPS) is 12.6. The Balaban J connectivity index is 1.85. The van der Waals surface area contributed by atoms with Crippen LogP contribution in [-0.2, 0) is 6.54 Å². The number of thiocarbonyl (C=S) groups is 1. The Morgan fingerprint density at radius 3 is 2.73 bits per heavy atom. The Morgan fingerprint density at radius 1 is 1.31 bits per heavy atom. The number of nitrogens with one attached hydrogen (secondary N) is 3. The zero-order chi connectivity index (χ0) is 18.7. The maximum Gasteiger partial charge on any atom is 0.253 e. The molecule has 26 heavy (non-hydrogen) atoms. The maximum atomic E-state index is 12.5. The van der Waals surface area contributed by atoms with Crippen LogP contribution in [0.2, 0.25) is 0 Å². The van der Waals surface area contributed by atoms with E-state index in [4.69, 9.17) is 21.7 Å². The minimum absolute atomic E-state index is 0.112. The lowest BCUT2D eigenvalue weighted by Gasteiger charge is -2.25. The molecule has 140 valence electrons. The molecule has 0 saturated carbocycles. The number of rotatable bonds is 6. The zero-order valence-corrected chi connectivity index (χ0v) is 16.2. The summed E-state index contributed by atoms with van der Waals surface area (Å²) < 4.78 is 10.8. The predicted molar refractivity (Wildman–Crippen MR) is 105 cm³/mol. The third kappa shape index (κ3) is 4.08. The summed E-state index contributed by atoms with van der Waals surface area (Å²) in [6.45, 7) is 2.51. The third-order valence-corrected chi connectivity index (χ3v) is 4.84. The molecule has 0 saturated heterocycles. The molecule has 0 radical (unpaired) electrons. The molecule has 3 N–H and O–H groups in total. The van der Waals surface area contributed by atoms with Gasteiger partial charge in [0.15, 0.2) is 16.6 Å². The van der Waals surface area contributed by atoms with Gasteiger partial charge in [0, 0.05) is 37.0 Å². The number of aromatic nitrogens is 1. The highest BCUT2D eigenvalue weighted by Crippen LogP contribution is 2.35. The van der Waals surface area contributed by atoms with E-state index in [1.807, 2.05) is 17.0 Å². The topological polar surface area (TPSA) is 71.0 Å². The molecule has 0 unspecified atom stereocenters. The molecule has 0 bridgehead atoms. The summed E-state index contributed by atoms with van der Waals surface area (Å²) in [5.74, 6) is 1.36. The second kappa shape index (κ2) is 7.92. The molecule has 1 aromatic heterocycles. The van der Waals surface area contributed by atoms with Crippen molar-refractivity contribution in [1.82, 2.24) is 15.2 Å². The van der Waals surface area contributed by atoms with Gasteiger partial charge in [-0.15, -0.1) is 0 Å². The number of ether oxygens (including phenoxy) is 2. The van der Waals surface area contributed by atoms with Crippen LogP contribution in [0.4, 0.5) is 0 Å². The smallest absolute Gasteiger partial charge is 0.253 e. The quantitative estimate of drug-likeness (QED) is 0.621. The van der Waals surface area contributed by atoms with Crippen LogP contribution < -0.4 is 25.2 Å². The number of hydrogen-bond donors (Lipinski definition) is 3. The standard InChI is InChI=1S/C18H24N4O3S/c1-19-18(26)22(6-4-5-21(2)3)10-13-7-12-8-15-16(25-11-24-15)9-14(12)20-17(13)23/h7-9H,4-6,10-11H2,1-3H3,(H,19,26)(H,20,23)/p+1. The van der Waals surface area contributed by atoms with Crippen LogP contribution >= 0.6 is 12.2 Å². The molecule has 0 aliphatic carbocycles. The van der Waals surface area contributed by atoms with Gasteiger partial charge < -0.3 is 29.6 Å². The summed E-state index contributed by atoms with van der Waals surface area (Å²) in [4.78, 5) is 18.9. The van der Waals surface area contributed by atoms with Crippen molar-refractivity contribution in [3.05, 3.63) is 34.1 Å². The van der Waals surface area contributed by atoms with Gasteiger partial charge in [-0.3, -0.25) is 4.79 Å². The number of aromatic amines is 1. The van der Waals surface area contributed by atoms with Crippen molar-refractivity contribution in [2.45, 2.75) is 13.0 Å². The molecule has 2 heterocycles. The number of quaternary nitrogens is 1. The van der Waals surface area contributed by atoms with Gasteiger partial charge in [-0.25, -0.2) is 0 Å². The van der Waals surface area contributed by atoms with Crippen molar-refractivity contribution >= 4 is 28.2 Å². The highest BCUT2D eigenvalue weighted by atomic mass is 32.1. The minimum Gasteiger partial charge on any atom is -0.454 e. The summed E-state index contributed by atoms with van der Waals surface area (Å²) in [6.07, 6.45) is 0.994. The Bertz CT molecular complexity index is 865. The van der Waals surface area contributed by atoms with Crippen molar-refractivity contribution in [1.29, 1.82) is 0 Å². The Labute approximate surface area is 157 Å². The van der Waals surface area contributed by atoms with Crippen LogP contribution in [0.25, 0.3) is 10.9 Å². The van der Waals surface area contributed by atoms with Crippen LogP contribution in [0, 0.1) is 0 Å². The van der Waals surface area contributed by atoms with Crippen LogP contribution in [-0.4, -0.2) is 56.0 Å². The lowest BCUT2D eigenvalue weighted by Crippen LogP contribution is -3.05. The molecular weight excluding hydrogens is 352 g/mol. The van der Waals surface area contributed by atoms with E-state index >= 15 is 0 Å². The molecule has 1 aromatic carbocycles. The van der Waals surface area contributed by atoms with E-state index in [1.165, 1.54) is 4.90 Å². The number of hydrogen-bond acceptors (Lipinski definition) is 4. The first-order chi connectivity index (χ1) is 12.5. The van der Waals surface area contributed by atoms with E-state index in [0.717, 1.165) is 30.4 Å². The number of fused-ring (bicyclic) bond motifs is 2. The van der Waals surface area contributed by atoms with Gasteiger partial charge >= 0.3 is 0 Å². The van der Waals surface area contributed by atoms with Gasteiger partial charge in [-0.1, -0.05) is 0 Å². The number of nitrogens with zero attached hydrogens (tertiary/aromatic N) is 1. The molecule has 1 aliphatic heterocycles. The van der Waals surface area contributed by atoms with E-state index in [0.29, 0.717) is 28.7 Å². The first-order valence-corrected chi connectivity index (χ1v) is 9.10. The highest BCUT2D eigenvalue weighted by molar-refractivity contribution is 7.80. The van der Waals surface area contributed by atoms with E-state index in [9.17, 15) is 4.79 Å². The van der Waals surface area contributed by atoms with Crippen molar-refractivity contribution in [3.63, 3.8) is 0 Å². The Kier molecular flexibility index (Phi) is 5.63. The number of pyridine rings is 1. The fourth-order valence-corrected chi connectivity index (χ4v) is 3.15. The number of H-pyrrole nitrogens is 1. The maximum absolute atomic E-state index is 12.5. The van der Waals surface area contributed by atoms with Crippen LogP contribution in [0.5, 0.6) is 11.5 Å². The monoisotopic (exact) mass is 377 g/mol. The second-order valence-corrected chi connectivity index (χ2v) is 7.09. The van der Waals surface area contributed by atoms with Gasteiger partial charge in [0.2, 0.25) is 6.79 Å². The lowest BCUT2D eigenvalue weighted by atomic mass is 10.1. The Hall–Kier alpha value is -2.32. The molecular formula is C18H25N4O3S+. The van der Waals surface area contributed by atoms with E-state index in [1.54, 1.807) is 13.1 Å². The van der Waals surface area contributed by atoms with Gasteiger partial charge in [0.1, 0.15) is 0 Å². The molecule has 0 fully saturated rings. The van der Waals surface area contributed by atoms with Gasteiger partial charge in [-0.05, 0) is 24.4 Å². The van der Waals surface area contributed by atoms with E-state index in [-0.39, 0.29) is 12.4 Å². The van der Waals surface area contributed by atoms with Gasteiger partial charge in [0.25, 0.3) is 5.56 Å². The molecule has 7 nitrogen and oxygen atoms in total. The third-order valence-electron chi connectivity index (χ3n) is 4.38. The van der Waals surface area contributed by atoms with Crippen molar-refractivity contribution in [2.75, 3.05) is 41.0 Å². The zero-order valence-electron chi connectivity index (χ0n) is 15.3. The average molecular weight is 377 g/mol. The van der Waals surface area contributed by atoms with E-state index < -0.39 is 0 Å². The van der Waals surface area contributed by atoms with Crippen molar-refractivity contribution < 1.29 is 14.4 Å². The summed E-state index contributed by atoms with van der Waals surface area (Å²) in [6, 6.07) is 5.60. The lowest BCUT2D eigenvalue weighted by molar-refractivity contribution is -0.858. The molecule has 8 heteroatoms. The molecule has 1 aliphatic rings. The summed E-state index contributed by atoms with van der Waals surface area (Å²) in [5.41, 5.74) is 1.30. The highest BCUT2D eigenvalue weighted by Gasteiger charge is 2.17. The van der Waals surface area contributed by atoms with Crippen molar-refractivity contribution in [3.8, 4) is 11.5 Å². The largest absolute Gasteiger partial charge is 0.454 e. The van der Waals surface area contributed by atoms with Crippen LogP contribution in [0.15, 0.2) is 23.0 Å². The van der Waals surface area contributed by atoms with Crippen molar-refractivity contribution in [2.24, 2.45) is 0 Å². The van der Waals surface area contributed by atoms with E-state index in [2.05, 4.69) is 24.4 Å². The second-order valence-electron chi connectivity index (χ2n) is 6.70. The molecule has 0 spiro atoms. The molecule has 2 aromatic rings. The fraction of sp³-hybridized carbons (Fsp3) is 0.444.